The van der Waals surface area contributed by atoms with E-state index < -0.39 is 60.8 Å². The number of nitrogens with one attached hydrogen (secondary N) is 3. The first-order valence-corrected chi connectivity index (χ1v) is 11.3. The fourth-order valence-electron chi connectivity index (χ4n) is 2.48. The Kier molecular flexibility index (Phi) is 15.1. The van der Waals surface area contributed by atoms with Crippen molar-refractivity contribution in [3.8, 4) is 0 Å². The van der Waals surface area contributed by atoms with Gasteiger partial charge in [-0.15, -0.1) is 0 Å². The lowest BCUT2D eigenvalue weighted by Crippen LogP contribution is -2.53. The maximum absolute atomic E-state index is 12.5. The zero-order valence-corrected chi connectivity index (χ0v) is 18.4. The first-order valence-electron chi connectivity index (χ1n) is 9.89. The normalized spacial score (nSPS) is 13.5. The van der Waals surface area contributed by atoms with Gasteiger partial charge >= 0.3 is 11.9 Å². The topological polar surface area (TPSA) is 214 Å². The number of carbonyl (C=O) groups is 5. The summed E-state index contributed by atoms with van der Waals surface area (Å²) in [6.45, 7) is -0.109. The average molecular weight is 464 g/mol. The maximum Gasteiger partial charge on any atom is 0.326 e. The van der Waals surface area contributed by atoms with Crippen LogP contribution in [0.1, 0.15) is 38.5 Å². The van der Waals surface area contributed by atoms with Gasteiger partial charge in [-0.2, -0.15) is 11.8 Å². The van der Waals surface area contributed by atoms with E-state index in [4.69, 9.17) is 21.7 Å². The molecule has 0 bridgehead atoms. The van der Waals surface area contributed by atoms with E-state index in [2.05, 4.69) is 16.0 Å². The molecule has 0 spiro atoms. The van der Waals surface area contributed by atoms with Crippen molar-refractivity contribution in [2.24, 2.45) is 11.5 Å². The SMILES string of the molecule is CSCCC(N)C(=O)NC(CCCCN)C(=O)NCC(=O)NC(CCC(=O)O)C(=O)O. The van der Waals surface area contributed by atoms with Crippen molar-refractivity contribution in [1.29, 1.82) is 0 Å². The summed E-state index contributed by atoms with van der Waals surface area (Å²) in [5.74, 6) is -3.78. The number of amides is 3. The summed E-state index contributed by atoms with van der Waals surface area (Å²) in [6, 6.07) is -3.09. The van der Waals surface area contributed by atoms with Crippen molar-refractivity contribution < 1.29 is 34.2 Å². The molecule has 0 fully saturated rings. The zero-order valence-electron chi connectivity index (χ0n) is 17.6. The second kappa shape index (κ2) is 16.3. The molecule has 0 aliphatic rings. The number of nitrogens with two attached hydrogens (primary N) is 2. The van der Waals surface area contributed by atoms with Crippen LogP contribution in [-0.2, 0) is 24.0 Å². The first kappa shape index (κ1) is 28.6. The van der Waals surface area contributed by atoms with Gasteiger partial charge in [0.1, 0.15) is 12.1 Å². The molecule has 0 aromatic rings. The molecule has 0 rings (SSSR count). The number of hydrogen-bond donors (Lipinski definition) is 7. The van der Waals surface area contributed by atoms with Gasteiger partial charge in [0, 0.05) is 6.42 Å². The Labute approximate surface area is 185 Å². The molecule has 13 heteroatoms. The van der Waals surface area contributed by atoms with Crippen LogP contribution in [0.5, 0.6) is 0 Å². The molecule has 178 valence electrons. The summed E-state index contributed by atoms with van der Waals surface area (Å²) in [4.78, 5) is 58.4. The van der Waals surface area contributed by atoms with E-state index in [1.54, 1.807) is 11.8 Å². The Morgan fingerprint density at radius 2 is 1.61 bits per heavy atom. The molecule has 31 heavy (non-hydrogen) atoms. The molecule has 12 nitrogen and oxygen atoms in total. The van der Waals surface area contributed by atoms with Crippen LogP contribution in [0.3, 0.4) is 0 Å². The van der Waals surface area contributed by atoms with E-state index >= 15 is 0 Å². The van der Waals surface area contributed by atoms with E-state index in [-0.39, 0.29) is 6.42 Å². The molecule has 0 heterocycles. The van der Waals surface area contributed by atoms with Gasteiger partial charge in [0.2, 0.25) is 17.7 Å². The predicted octanol–water partition coefficient (Wildman–Crippen LogP) is -1.77. The minimum absolute atomic E-state index is 0.294. The first-order chi connectivity index (χ1) is 14.6. The van der Waals surface area contributed by atoms with Crippen LogP contribution in [0.2, 0.25) is 0 Å². The van der Waals surface area contributed by atoms with E-state index in [0.29, 0.717) is 38.0 Å². The van der Waals surface area contributed by atoms with Crippen molar-refractivity contribution in [1.82, 2.24) is 16.0 Å². The second-order valence-electron chi connectivity index (χ2n) is 6.84. The van der Waals surface area contributed by atoms with Gasteiger partial charge in [0.15, 0.2) is 0 Å². The Morgan fingerprint density at radius 3 is 2.16 bits per heavy atom. The molecule has 0 aromatic carbocycles. The van der Waals surface area contributed by atoms with E-state index in [9.17, 15) is 24.0 Å². The highest BCUT2D eigenvalue weighted by Gasteiger charge is 2.25. The number of carboxylic acid groups (broad SMARTS) is 2. The zero-order chi connectivity index (χ0) is 23.8. The van der Waals surface area contributed by atoms with Crippen molar-refractivity contribution in [2.75, 3.05) is 25.1 Å². The Morgan fingerprint density at radius 1 is 0.935 bits per heavy atom. The molecule has 0 saturated carbocycles. The Bertz CT molecular complexity index is 620. The largest absolute Gasteiger partial charge is 0.481 e. The van der Waals surface area contributed by atoms with Crippen LogP contribution in [0.15, 0.2) is 0 Å². The van der Waals surface area contributed by atoms with Crippen LogP contribution < -0.4 is 27.4 Å². The van der Waals surface area contributed by atoms with Gasteiger partial charge < -0.3 is 37.6 Å². The van der Waals surface area contributed by atoms with Crippen LogP contribution in [0, 0.1) is 0 Å². The van der Waals surface area contributed by atoms with E-state index in [0.717, 1.165) is 0 Å². The molecular formula is C18H33N5O7S. The molecule has 0 aromatic heterocycles. The minimum Gasteiger partial charge on any atom is -0.481 e. The monoisotopic (exact) mass is 463 g/mol. The lowest BCUT2D eigenvalue weighted by Gasteiger charge is -2.21. The van der Waals surface area contributed by atoms with Crippen molar-refractivity contribution in [3.05, 3.63) is 0 Å². The highest BCUT2D eigenvalue weighted by atomic mass is 32.2. The number of thioether (sulfide) groups is 1. The van der Waals surface area contributed by atoms with Crippen LogP contribution >= 0.6 is 11.8 Å². The number of hydrogen-bond acceptors (Lipinski definition) is 8. The third kappa shape index (κ3) is 13.5. The van der Waals surface area contributed by atoms with Gasteiger partial charge in [0.05, 0.1) is 12.6 Å². The predicted molar refractivity (Wildman–Crippen MR) is 115 cm³/mol. The molecule has 3 atom stereocenters. The average Bonchev–Trinajstić information content (AvgIpc) is 2.71. The van der Waals surface area contributed by atoms with Crippen molar-refractivity contribution >= 4 is 41.4 Å². The lowest BCUT2D eigenvalue weighted by atomic mass is 10.1. The number of unbranched alkanes of at least 4 members (excludes halogenated alkanes) is 1. The van der Waals surface area contributed by atoms with E-state index in [1.807, 2.05) is 6.26 Å². The van der Waals surface area contributed by atoms with Gasteiger partial charge in [-0.1, -0.05) is 0 Å². The Balaban J connectivity index is 4.80. The fraction of sp³-hybridized carbons (Fsp3) is 0.722. The summed E-state index contributed by atoms with van der Waals surface area (Å²) in [6.07, 6.45) is 3.10. The maximum atomic E-state index is 12.5. The summed E-state index contributed by atoms with van der Waals surface area (Å²) in [5.41, 5.74) is 11.3. The van der Waals surface area contributed by atoms with E-state index in [1.165, 1.54) is 0 Å². The highest BCUT2D eigenvalue weighted by Crippen LogP contribution is 2.04. The van der Waals surface area contributed by atoms with Crippen molar-refractivity contribution in [2.45, 2.75) is 56.7 Å². The van der Waals surface area contributed by atoms with Crippen LogP contribution in [-0.4, -0.2) is 83.1 Å². The minimum atomic E-state index is -1.39. The number of carboxylic acids is 2. The molecule has 0 radical (unpaired) electrons. The molecule has 0 saturated heterocycles. The van der Waals surface area contributed by atoms with Gasteiger partial charge in [0.25, 0.3) is 0 Å². The third-order valence-electron chi connectivity index (χ3n) is 4.25. The van der Waals surface area contributed by atoms with Gasteiger partial charge in [-0.3, -0.25) is 19.2 Å². The second-order valence-corrected chi connectivity index (χ2v) is 7.83. The fourth-order valence-corrected chi connectivity index (χ4v) is 2.97. The molecule has 3 unspecified atom stereocenters. The van der Waals surface area contributed by atoms with Crippen LogP contribution in [0.25, 0.3) is 0 Å². The number of aliphatic carboxylic acids is 2. The number of rotatable bonds is 17. The molecular weight excluding hydrogens is 430 g/mol. The number of carbonyl (C=O) groups excluding carboxylic acids is 3. The molecule has 0 aliphatic carbocycles. The standard InChI is InChI=1S/C18H33N5O7S/c1-31-9-7-11(20)16(27)23-12(4-2-3-8-19)17(28)21-10-14(24)22-13(18(29)30)5-6-15(25)26/h11-13H,2-10,19-20H2,1H3,(H,21,28)(H,22,24)(H,23,27)(H,25,26)(H,29,30). The van der Waals surface area contributed by atoms with Gasteiger partial charge in [-0.25, -0.2) is 4.79 Å². The summed E-state index contributed by atoms with van der Waals surface area (Å²) in [5, 5.41) is 24.8. The molecule has 0 aliphatic heterocycles. The Hall–Kier alpha value is -2.38. The quantitative estimate of drug-likeness (QED) is 0.120. The highest BCUT2D eigenvalue weighted by molar-refractivity contribution is 7.98. The third-order valence-corrected chi connectivity index (χ3v) is 4.90. The van der Waals surface area contributed by atoms with Crippen LogP contribution in [0.4, 0.5) is 0 Å². The molecule has 9 N–H and O–H groups in total. The molecule has 3 amide bonds. The summed E-state index contributed by atoms with van der Waals surface area (Å²) >= 11 is 1.54. The smallest absolute Gasteiger partial charge is 0.326 e. The summed E-state index contributed by atoms with van der Waals surface area (Å²) < 4.78 is 0. The summed E-state index contributed by atoms with van der Waals surface area (Å²) in [7, 11) is 0. The lowest BCUT2D eigenvalue weighted by molar-refractivity contribution is -0.143. The van der Waals surface area contributed by atoms with Crippen molar-refractivity contribution in [3.63, 3.8) is 0 Å². The van der Waals surface area contributed by atoms with Gasteiger partial charge in [-0.05, 0) is 50.7 Å².